The molecule has 2 heterocycles. The molecule has 33 heavy (non-hydrogen) atoms. The Balaban J connectivity index is 1.55. The SMILES string of the molecule is CC(CN(C)C)Oc1cccc2ncnc(Nc3ccc(OCc4cnccn4)c(Cl)c3)c12. The summed E-state index contributed by atoms with van der Waals surface area (Å²) in [6.07, 6.45) is 6.42. The Bertz CT molecular complexity index is 1220. The van der Waals surface area contributed by atoms with E-state index >= 15 is 0 Å². The van der Waals surface area contributed by atoms with E-state index in [4.69, 9.17) is 21.1 Å². The van der Waals surface area contributed by atoms with Crippen LogP contribution in [0.1, 0.15) is 12.6 Å². The number of ether oxygens (including phenoxy) is 2. The van der Waals surface area contributed by atoms with Gasteiger partial charge in [0.05, 0.1) is 27.8 Å². The van der Waals surface area contributed by atoms with Crippen LogP contribution >= 0.6 is 11.6 Å². The summed E-state index contributed by atoms with van der Waals surface area (Å²) < 4.78 is 12.0. The second-order valence-corrected chi connectivity index (χ2v) is 8.23. The molecule has 8 nitrogen and oxygen atoms in total. The van der Waals surface area contributed by atoms with E-state index in [2.05, 4.69) is 30.2 Å². The molecule has 4 rings (SSSR count). The zero-order valence-electron chi connectivity index (χ0n) is 18.7. The van der Waals surface area contributed by atoms with Crippen LogP contribution in [0.5, 0.6) is 11.5 Å². The molecule has 0 bridgehead atoms. The minimum absolute atomic E-state index is 0.00108. The van der Waals surface area contributed by atoms with Crippen LogP contribution < -0.4 is 14.8 Å². The summed E-state index contributed by atoms with van der Waals surface area (Å²) in [5, 5.41) is 4.62. The molecule has 0 saturated heterocycles. The van der Waals surface area contributed by atoms with Crippen molar-refractivity contribution in [1.82, 2.24) is 24.8 Å². The zero-order chi connectivity index (χ0) is 23.2. The first-order chi connectivity index (χ1) is 16.0. The minimum Gasteiger partial charge on any atom is -0.489 e. The lowest BCUT2D eigenvalue weighted by atomic mass is 10.2. The van der Waals surface area contributed by atoms with E-state index in [0.29, 0.717) is 16.6 Å². The van der Waals surface area contributed by atoms with Crippen LogP contribution in [0.25, 0.3) is 10.9 Å². The lowest BCUT2D eigenvalue weighted by Crippen LogP contribution is -2.28. The van der Waals surface area contributed by atoms with Crippen molar-refractivity contribution >= 4 is 34.0 Å². The average molecular weight is 465 g/mol. The summed E-state index contributed by atoms with van der Waals surface area (Å²) in [6, 6.07) is 11.3. The molecule has 0 fully saturated rings. The van der Waals surface area contributed by atoms with Gasteiger partial charge in [-0.1, -0.05) is 17.7 Å². The third kappa shape index (κ3) is 5.85. The molecule has 4 aromatic rings. The van der Waals surface area contributed by atoms with Gasteiger partial charge in [0.15, 0.2) is 0 Å². The summed E-state index contributed by atoms with van der Waals surface area (Å²) in [4.78, 5) is 19.2. The van der Waals surface area contributed by atoms with Crippen molar-refractivity contribution in [3.05, 3.63) is 72.0 Å². The average Bonchev–Trinajstić information content (AvgIpc) is 2.79. The maximum Gasteiger partial charge on any atom is 0.145 e. The number of likely N-dealkylation sites (N-methyl/N-ethyl adjacent to an activating group) is 1. The molecule has 0 radical (unpaired) electrons. The smallest absolute Gasteiger partial charge is 0.145 e. The molecule has 0 amide bonds. The Morgan fingerprint density at radius 3 is 2.70 bits per heavy atom. The van der Waals surface area contributed by atoms with E-state index in [1.165, 1.54) is 6.33 Å². The van der Waals surface area contributed by atoms with Crippen molar-refractivity contribution in [1.29, 1.82) is 0 Å². The van der Waals surface area contributed by atoms with E-state index < -0.39 is 0 Å². The molecule has 1 N–H and O–H groups in total. The lowest BCUT2D eigenvalue weighted by Gasteiger charge is -2.20. The summed E-state index contributed by atoms with van der Waals surface area (Å²) in [5.41, 5.74) is 2.28. The third-order valence-electron chi connectivity index (χ3n) is 4.76. The molecule has 1 unspecified atom stereocenters. The predicted octanol–water partition coefficient (Wildman–Crippen LogP) is 4.72. The van der Waals surface area contributed by atoms with Crippen LogP contribution in [0.15, 0.2) is 61.3 Å². The van der Waals surface area contributed by atoms with Gasteiger partial charge in [0.25, 0.3) is 0 Å². The fourth-order valence-corrected chi connectivity index (χ4v) is 3.66. The summed E-state index contributed by atoms with van der Waals surface area (Å²) in [6.45, 7) is 3.11. The van der Waals surface area contributed by atoms with E-state index in [-0.39, 0.29) is 12.7 Å². The molecule has 0 aliphatic carbocycles. The quantitative estimate of drug-likeness (QED) is 0.380. The van der Waals surface area contributed by atoms with Crippen LogP contribution in [0.4, 0.5) is 11.5 Å². The van der Waals surface area contributed by atoms with Crippen molar-refractivity contribution < 1.29 is 9.47 Å². The molecule has 0 saturated carbocycles. The number of hydrogen-bond acceptors (Lipinski definition) is 8. The van der Waals surface area contributed by atoms with Crippen LogP contribution in [0.3, 0.4) is 0 Å². The number of hydrogen-bond donors (Lipinski definition) is 1. The van der Waals surface area contributed by atoms with Gasteiger partial charge in [0, 0.05) is 24.6 Å². The molecule has 2 aromatic heterocycles. The van der Waals surface area contributed by atoms with Gasteiger partial charge in [-0.3, -0.25) is 9.97 Å². The molecule has 9 heteroatoms. The van der Waals surface area contributed by atoms with Crippen molar-refractivity contribution in [2.75, 3.05) is 26.0 Å². The standard InChI is InChI=1S/C24H25ClN6O2/c1-16(13-31(2)3)33-22-6-4-5-20-23(22)24(29-15-28-20)30-17-7-8-21(19(25)11-17)32-14-18-12-26-9-10-27-18/h4-12,15-16H,13-14H2,1-3H3,(H,28,29,30). The third-order valence-corrected chi connectivity index (χ3v) is 5.06. The molecule has 170 valence electrons. The highest BCUT2D eigenvalue weighted by Crippen LogP contribution is 2.34. The van der Waals surface area contributed by atoms with Gasteiger partial charge < -0.3 is 19.7 Å². The first-order valence-corrected chi connectivity index (χ1v) is 10.9. The molecule has 1 atom stereocenters. The zero-order valence-corrected chi connectivity index (χ0v) is 19.5. The van der Waals surface area contributed by atoms with Gasteiger partial charge in [0.1, 0.15) is 36.4 Å². The highest BCUT2D eigenvalue weighted by molar-refractivity contribution is 6.32. The monoisotopic (exact) mass is 464 g/mol. The van der Waals surface area contributed by atoms with Gasteiger partial charge in [-0.15, -0.1) is 0 Å². The first-order valence-electron chi connectivity index (χ1n) is 10.5. The second kappa shape index (κ2) is 10.4. The molecular formula is C24H25ClN6O2. The van der Waals surface area contributed by atoms with Crippen molar-refractivity contribution in [3.8, 4) is 11.5 Å². The normalized spacial score (nSPS) is 12.0. The maximum atomic E-state index is 6.47. The van der Waals surface area contributed by atoms with Gasteiger partial charge in [0.2, 0.25) is 0 Å². The molecule has 0 aliphatic heterocycles. The number of nitrogens with zero attached hydrogens (tertiary/aromatic N) is 5. The van der Waals surface area contributed by atoms with Gasteiger partial charge in [-0.25, -0.2) is 9.97 Å². The summed E-state index contributed by atoms with van der Waals surface area (Å²) in [5.74, 6) is 1.92. The van der Waals surface area contributed by atoms with Crippen molar-refractivity contribution in [2.45, 2.75) is 19.6 Å². The molecule has 0 spiro atoms. The van der Waals surface area contributed by atoms with Gasteiger partial charge >= 0.3 is 0 Å². The highest BCUT2D eigenvalue weighted by Gasteiger charge is 2.14. The van der Waals surface area contributed by atoms with Crippen molar-refractivity contribution in [3.63, 3.8) is 0 Å². The summed E-state index contributed by atoms with van der Waals surface area (Å²) in [7, 11) is 4.03. The number of halogens is 1. The number of aromatic nitrogens is 4. The Morgan fingerprint density at radius 1 is 1.06 bits per heavy atom. The molecular weight excluding hydrogens is 440 g/mol. The second-order valence-electron chi connectivity index (χ2n) is 7.82. The Hall–Kier alpha value is -3.49. The van der Waals surface area contributed by atoms with E-state index in [0.717, 1.165) is 34.6 Å². The van der Waals surface area contributed by atoms with E-state index in [1.807, 2.05) is 45.3 Å². The van der Waals surface area contributed by atoms with E-state index in [9.17, 15) is 0 Å². The van der Waals surface area contributed by atoms with Crippen LogP contribution in [0.2, 0.25) is 5.02 Å². The first kappa shape index (κ1) is 22.7. The number of fused-ring (bicyclic) bond motifs is 1. The van der Waals surface area contributed by atoms with Gasteiger partial charge in [-0.05, 0) is 51.4 Å². The maximum absolute atomic E-state index is 6.47. The fraction of sp³-hybridized carbons (Fsp3) is 0.250. The predicted molar refractivity (Wildman–Crippen MR) is 129 cm³/mol. The van der Waals surface area contributed by atoms with Crippen LogP contribution in [-0.4, -0.2) is 51.6 Å². The number of rotatable bonds is 9. The van der Waals surface area contributed by atoms with E-state index in [1.54, 1.807) is 30.7 Å². The minimum atomic E-state index is -0.00108. The molecule has 2 aromatic carbocycles. The Labute approximate surface area is 197 Å². The highest BCUT2D eigenvalue weighted by atomic mass is 35.5. The topological polar surface area (TPSA) is 85.3 Å². The number of nitrogens with one attached hydrogen (secondary N) is 1. The lowest BCUT2D eigenvalue weighted by molar-refractivity contribution is 0.179. The van der Waals surface area contributed by atoms with Crippen LogP contribution in [0, 0.1) is 0 Å². The number of benzene rings is 2. The van der Waals surface area contributed by atoms with Crippen LogP contribution in [-0.2, 0) is 6.61 Å². The largest absolute Gasteiger partial charge is 0.489 e. The summed E-state index contributed by atoms with van der Waals surface area (Å²) >= 11 is 6.47. The fourth-order valence-electron chi connectivity index (χ4n) is 3.43. The number of anilines is 2. The van der Waals surface area contributed by atoms with Gasteiger partial charge in [-0.2, -0.15) is 0 Å². The molecule has 0 aliphatic rings. The Kier molecular flexibility index (Phi) is 7.16. The van der Waals surface area contributed by atoms with Crippen molar-refractivity contribution in [2.24, 2.45) is 0 Å². The Morgan fingerprint density at radius 2 is 1.94 bits per heavy atom.